The van der Waals surface area contributed by atoms with Crippen LogP contribution >= 0.6 is 0 Å². The Bertz CT molecular complexity index is 874. The molecule has 2 heterocycles. The number of carbonyl (C=O) groups excluding carboxylic acids is 1. The molecule has 0 aliphatic carbocycles. The molecule has 0 aromatic heterocycles. The molecule has 0 spiro atoms. The Hall–Kier alpha value is -2.01. The first-order valence-corrected chi connectivity index (χ1v) is 11.8. The average molecular weight is 439 g/mol. The Kier molecular flexibility index (Phi) is 7.81. The predicted octanol–water partition coefficient (Wildman–Crippen LogP) is 0.551. The van der Waals surface area contributed by atoms with Gasteiger partial charge in [-0.3, -0.25) is 19.4 Å². The van der Waals surface area contributed by atoms with Crippen LogP contribution in [-0.2, 0) is 14.8 Å². The van der Waals surface area contributed by atoms with Crippen molar-refractivity contribution in [2.24, 2.45) is 10.9 Å². The summed E-state index contributed by atoms with van der Waals surface area (Å²) >= 11 is 0. The molecule has 9 nitrogen and oxygen atoms in total. The fraction of sp³-hybridized carbons (Fsp3) is 0.600. The second-order valence-electron chi connectivity index (χ2n) is 7.85. The number of amides is 1. The van der Waals surface area contributed by atoms with E-state index >= 15 is 0 Å². The number of aliphatic hydroxyl groups excluding tert-OH is 2. The van der Waals surface area contributed by atoms with Gasteiger partial charge in [0, 0.05) is 37.7 Å². The topological polar surface area (TPSA) is 131 Å². The predicted molar refractivity (Wildman–Crippen MR) is 114 cm³/mol. The van der Waals surface area contributed by atoms with Gasteiger partial charge in [0.05, 0.1) is 17.5 Å². The van der Waals surface area contributed by atoms with E-state index in [1.165, 1.54) is 12.1 Å². The molecule has 1 aromatic rings. The Morgan fingerprint density at radius 2 is 2.10 bits per heavy atom. The van der Waals surface area contributed by atoms with Gasteiger partial charge in [-0.2, -0.15) is 0 Å². The van der Waals surface area contributed by atoms with Gasteiger partial charge in [-0.25, -0.2) is 8.42 Å². The van der Waals surface area contributed by atoms with Crippen LogP contribution in [0, 0.1) is 5.92 Å². The number of nitrogens with one attached hydrogen (secondary N) is 2. The molecule has 2 aliphatic rings. The highest BCUT2D eigenvalue weighted by atomic mass is 32.2. The SMILES string of the molecule is O=C(CN1CCC(CO)C(O)C1)Nc1cccc(S(=O)(=O)NC2=NCCCCC2)c1. The van der Waals surface area contributed by atoms with Crippen LogP contribution in [0.1, 0.15) is 32.1 Å². The minimum atomic E-state index is -3.78. The van der Waals surface area contributed by atoms with Gasteiger partial charge >= 0.3 is 0 Å². The summed E-state index contributed by atoms with van der Waals surface area (Å²) in [5, 5.41) is 21.9. The van der Waals surface area contributed by atoms with Crippen LogP contribution in [0.15, 0.2) is 34.2 Å². The lowest BCUT2D eigenvalue weighted by atomic mass is 9.95. The number of aliphatic imine (C=N–C) groups is 1. The van der Waals surface area contributed by atoms with Crippen molar-refractivity contribution in [3.05, 3.63) is 24.3 Å². The molecule has 1 aromatic carbocycles. The van der Waals surface area contributed by atoms with Crippen LogP contribution in [-0.4, -0.2) is 74.2 Å². The van der Waals surface area contributed by atoms with Crippen molar-refractivity contribution >= 4 is 27.5 Å². The van der Waals surface area contributed by atoms with E-state index in [0.717, 1.165) is 19.3 Å². The number of anilines is 1. The quantitative estimate of drug-likeness (QED) is 0.513. The zero-order valence-electron chi connectivity index (χ0n) is 17.0. The first-order chi connectivity index (χ1) is 14.4. The number of likely N-dealkylation sites (tertiary alicyclic amines) is 1. The Morgan fingerprint density at radius 1 is 1.27 bits per heavy atom. The van der Waals surface area contributed by atoms with Gasteiger partial charge in [-0.1, -0.05) is 12.5 Å². The Labute approximate surface area is 177 Å². The molecule has 4 N–H and O–H groups in total. The van der Waals surface area contributed by atoms with E-state index in [0.29, 0.717) is 44.0 Å². The lowest BCUT2D eigenvalue weighted by Gasteiger charge is -2.34. The first-order valence-electron chi connectivity index (χ1n) is 10.3. The van der Waals surface area contributed by atoms with Crippen molar-refractivity contribution < 1.29 is 23.4 Å². The smallest absolute Gasteiger partial charge is 0.262 e. The number of hydrogen-bond acceptors (Lipinski definition) is 7. The minimum absolute atomic E-state index is 0.0615. The summed E-state index contributed by atoms with van der Waals surface area (Å²) in [4.78, 5) is 18.6. The number of nitrogens with zero attached hydrogens (tertiary/aromatic N) is 2. The van der Waals surface area contributed by atoms with E-state index in [-0.39, 0.29) is 29.9 Å². The second-order valence-corrected chi connectivity index (χ2v) is 9.54. The zero-order chi connectivity index (χ0) is 21.6. The monoisotopic (exact) mass is 438 g/mol. The highest BCUT2D eigenvalue weighted by molar-refractivity contribution is 7.90. The molecule has 0 saturated carbocycles. The third-order valence-electron chi connectivity index (χ3n) is 5.46. The van der Waals surface area contributed by atoms with Crippen molar-refractivity contribution in [2.45, 2.75) is 43.1 Å². The molecule has 30 heavy (non-hydrogen) atoms. The lowest BCUT2D eigenvalue weighted by molar-refractivity contribution is -0.118. The number of sulfonamides is 1. The summed E-state index contributed by atoms with van der Waals surface area (Å²) < 4.78 is 28.0. The third kappa shape index (κ3) is 6.24. The number of rotatable bonds is 6. The number of carbonyl (C=O) groups is 1. The van der Waals surface area contributed by atoms with E-state index in [4.69, 9.17) is 0 Å². The van der Waals surface area contributed by atoms with Crippen LogP contribution in [0.2, 0.25) is 0 Å². The summed E-state index contributed by atoms with van der Waals surface area (Å²) in [7, 11) is -3.78. The summed E-state index contributed by atoms with van der Waals surface area (Å²) in [6, 6.07) is 6.11. The number of aliphatic hydroxyl groups is 2. The van der Waals surface area contributed by atoms with Gasteiger partial charge in [0.15, 0.2) is 0 Å². The number of amidine groups is 1. The van der Waals surface area contributed by atoms with E-state index in [1.54, 1.807) is 12.1 Å². The largest absolute Gasteiger partial charge is 0.396 e. The van der Waals surface area contributed by atoms with E-state index in [1.807, 2.05) is 4.90 Å². The maximum Gasteiger partial charge on any atom is 0.262 e. The molecule has 1 amide bonds. The second kappa shape index (κ2) is 10.3. The highest BCUT2D eigenvalue weighted by Crippen LogP contribution is 2.19. The van der Waals surface area contributed by atoms with Gasteiger partial charge in [-0.05, 0) is 44.0 Å². The highest BCUT2D eigenvalue weighted by Gasteiger charge is 2.28. The van der Waals surface area contributed by atoms with Crippen LogP contribution in [0.5, 0.6) is 0 Å². The third-order valence-corrected chi connectivity index (χ3v) is 6.84. The average Bonchev–Trinajstić information content (AvgIpc) is 2.96. The molecule has 2 aliphatic heterocycles. The molecule has 2 unspecified atom stereocenters. The van der Waals surface area contributed by atoms with Gasteiger partial charge in [0.2, 0.25) is 5.91 Å². The molecule has 3 rings (SSSR count). The zero-order valence-corrected chi connectivity index (χ0v) is 17.8. The van der Waals surface area contributed by atoms with Crippen molar-refractivity contribution in [3.8, 4) is 0 Å². The van der Waals surface area contributed by atoms with Crippen molar-refractivity contribution in [1.82, 2.24) is 9.62 Å². The van der Waals surface area contributed by atoms with Crippen molar-refractivity contribution in [1.29, 1.82) is 0 Å². The molecular weight excluding hydrogens is 408 g/mol. The van der Waals surface area contributed by atoms with Crippen LogP contribution in [0.4, 0.5) is 5.69 Å². The van der Waals surface area contributed by atoms with Gasteiger partial charge in [0.25, 0.3) is 10.0 Å². The molecule has 1 fully saturated rings. The fourth-order valence-electron chi connectivity index (χ4n) is 3.72. The van der Waals surface area contributed by atoms with E-state index in [2.05, 4.69) is 15.0 Å². The molecule has 2 atom stereocenters. The molecular formula is C20H30N4O5S. The number of benzene rings is 1. The van der Waals surface area contributed by atoms with Crippen LogP contribution in [0.3, 0.4) is 0 Å². The maximum atomic E-state index is 12.7. The fourth-order valence-corrected chi connectivity index (χ4v) is 4.85. The van der Waals surface area contributed by atoms with Crippen molar-refractivity contribution in [3.63, 3.8) is 0 Å². The maximum absolute atomic E-state index is 12.7. The Morgan fingerprint density at radius 3 is 2.87 bits per heavy atom. The van der Waals surface area contributed by atoms with E-state index < -0.39 is 16.1 Å². The first kappa shape index (κ1) is 22.7. The number of piperidine rings is 1. The standard InChI is InChI=1S/C20H30N4O5S/c25-14-15-8-10-24(12-18(15)26)13-20(27)22-16-5-4-6-17(11-16)30(28,29)23-19-7-2-1-3-9-21-19/h4-6,11,15,18,25-26H,1-3,7-10,12-14H2,(H,21,23)(H,22,27). The van der Waals surface area contributed by atoms with Gasteiger partial charge < -0.3 is 15.5 Å². The molecule has 1 saturated heterocycles. The summed E-state index contributed by atoms with van der Waals surface area (Å²) in [5.74, 6) is 0.0313. The van der Waals surface area contributed by atoms with Crippen LogP contribution in [0.25, 0.3) is 0 Å². The summed E-state index contributed by atoms with van der Waals surface area (Å²) in [6.45, 7) is 1.57. The lowest BCUT2D eigenvalue weighted by Crippen LogP contribution is -2.47. The minimum Gasteiger partial charge on any atom is -0.396 e. The van der Waals surface area contributed by atoms with Crippen LogP contribution < -0.4 is 10.0 Å². The molecule has 0 radical (unpaired) electrons. The number of hydrogen-bond donors (Lipinski definition) is 4. The molecule has 10 heteroatoms. The molecule has 0 bridgehead atoms. The van der Waals surface area contributed by atoms with E-state index in [9.17, 15) is 23.4 Å². The van der Waals surface area contributed by atoms with Gasteiger partial charge in [0.1, 0.15) is 5.84 Å². The molecule has 166 valence electrons. The number of β-amino-alcohol motifs (C(OH)–C–C–N with tert-alkyl or cyclic N) is 1. The summed E-state index contributed by atoms with van der Waals surface area (Å²) in [6.07, 6.45) is 3.46. The Balaban J connectivity index is 1.59. The summed E-state index contributed by atoms with van der Waals surface area (Å²) in [5.41, 5.74) is 0.386. The van der Waals surface area contributed by atoms with Gasteiger partial charge in [-0.15, -0.1) is 0 Å². The van der Waals surface area contributed by atoms with Crippen molar-refractivity contribution in [2.75, 3.05) is 38.1 Å². The normalized spacial score (nSPS) is 23.3.